The Morgan fingerprint density at radius 2 is 2.30 bits per heavy atom. The number of nitrogens with two attached hydrogens (primary N) is 1. The largest absolute Gasteiger partial charge is 0.321 e. The third-order valence-electron chi connectivity index (χ3n) is 1.20. The van der Waals surface area contributed by atoms with Gasteiger partial charge in [-0.15, -0.1) is 0 Å². The minimum absolute atomic E-state index is 0.0255. The molecular weight excluding hydrogens is 241 g/mol. The minimum atomic E-state index is -0.339. The van der Waals surface area contributed by atoms with Gasteiger partial charge in [-0.2, -0.15) is 0 Å². The number of Topliss-reactive ketones (excluding diaryl/α,β-unsaturated/α-hetero) is 1. The highest BCUT2D eigenvalue weighted by Gasteiger charge is 2.12. The predicted molar refractivity (Wildman–Crippen MR) is 51.1 cm³/mol. The summed E-state index contributed by atoms with van der Waals surface area (Å²) in [6.07, 6.45) is 1.69. The van der Waals surface area contributed by atoms with Crippen molar-refractivity contribution in [2.24, 2.45) is 5.73 Å². The van der Waals surface area contributed by atoms with Gasteiger partial charge in [0.05, 0.1) is 9.62 Å². The summed E-state index contributed by atoms with van der Waals surface area (Å²) in [5.41, 5.74) is 5.51. The normalized spacial score (nSPS) is 12.7. The van der Waals surface area contributed by atoms with Crippen molar-refractivity contribution in [2.45, 2.75) is 25.8 Å². The van der Waals surface area contributed by atoms with Gasteiger partial charge in [0.2, 0.25) is 0 Å². The lowest BCUT2D eigenvalue weighted by Gasteiger charge is -2.06. The SMILES string of the molecule is C=C(I)C(=O)[C@@H](N)CCC. The smallest absolute Gasteiger partial charge is 0.184 e. The van der Waals surface area contributed by atoms with E-state index in [1.165, 1.54) is 0 Å². The van der Waals surface area contributed by atoms with Crippen LogP contribution in [-0.4, -0.2) is 11.8 Å². The molecule has 0 aromatic carbocycles. The summed E-state index contributed by atoms with van der Waals surface area (Å²) in [5, 5.41) is 0. The van der Waals surface area contributed by atoms with Crippen LogP contribution in [0.25, 0.3) is 0 Å². The van der Waals surface area contributed by atoms with Crippen LogP contribution in [0.4, 0.5) is 0 Å². The minimum Gasteiger partial charge on any atom is -0.321 e. The van der Waals surface area contributed by atoms with Gasteiger partial charge in [0, 0.05) is 0 Å². The van der Waals surface area contributed by atoms with Crippen LogP contribution in [0.1, 0.15) is 19.8 Å². The molecule has 0 aliphatic heterocycles. The third kappa shape index (κ3) is 3.31. The molecule has 2 N–H and O–H groups in total. The van der Waals surface area contributed by atoms with Crippen molar-refractivity contribution < 1.29 is 4.79 Å². The molecule has 0 bridgehead atoms. The van der Waals surface area contributed by atoms with Gasteiger partial charge in [-0.1, -0.05) is 19.9 Å². The van der Waals surface area contributed by atoms with Crippen molar-refractivity contribution in [3.8, 4) is 0 Å². The maximum Gasteiger partial charge on any atom is 0.184 e. The number of carbonyl (C=O) groups excluding carboxylic acids is 1. The number of ketones is 1. The molecule has 3 heteroatoms. The molecule has 0 spiro atoms. The molecular formula is C7H12INO. The molecule has 0 aliphatic carbocycles. The summed E-state index contributed by atoms with van der Waals surface area (Å²) in [6, 6.07) is -0.339. The Labute approximate surface area is 75.0 Å². The lowest BCUT2D eigenvalue weighted by molar-refractivity contribution is -0.116. The van der Waals surface area contributed by atoms with Crippen LogP contribution in [-0.2, 0) is 4.79 Å². The standard InChI is InChI=1S/C7H12INO/c1-3-4-6(9)7(10)5(2)8/h6H,2-4,9H2,1H3/t6-/m0/s1. The van der Waals surface area contributed by atoms with E-state index < -0.39 is 0 Å². The van der Waals surface area contributed by atoms with Crippen LogP contribution in [0.5, 0.6) is 0 Å². The molecule has 0 radical (unpaired) electrons. The van der Waals surface area contributed by atoms with Crippen molar-refractivity contribution in [1.29, 1.82) is 0 Å². The van der Waals surface area contributed by atoms with Crippen molar-refractivity contribution in [3.63, 3.8) is 0 Å². The third-order valence-corrected chi connectivity index (χ3v) is 1.74. The Morgan fingerprint density at radius 3 is 2.60 bits per heavy atom. The Morgan fingerprint density at radius 1 is 1.80 bits per heavy atom. The van der Waals surface area contributed by atoms with Gasteiger partial charge in [-0.25, -0.2) is 0 Å². The Hall–Kier alpha value is 0.1000. The molecule has 0 heterocycles. The molecule has 0 fully saturated rings. The first-order chi connectivity index (χ1) is 4.59. The summed E-state index contributed by atoms with van der Waals surface area (Å²) in [7, 11) is 0. The Bertz CT molecular complexity index is 145. The van der Waals surface area contributed by atoms with Crippen LogP contribution in [0.2, 0.25) is 0 Å². The second-order valence-corrected chi connectivity index (χ2v) is 3.47. The van der Waals surface area contributed by atoms with E-state index in [-0.39, 0.29) is 11.8 Å². The fourth-order valence-corrected chi connectivity index (χ4v) is 1.04. The van der Waals surface area contributed by atoms with Crippen molar-refractivity contribution in [1.82, 2.24) is 0 Å². The molecule has 0 saturated heterocycles. The summed E-state index contributed by atoms with van der Waals surface area (Å²) in [6.45, 7) is 5.52. The van der Waals surface area contributed by atoms with Crippen LogP contribution in [0.3, 0.4) is 0 Å². The van der Waals surface area contributed by atoms with Crippen molar-refractivity contribution in [2.75, 3.05) is 0 Å². The summed E-state index contributed by atoms with van der Waals surface area (Å²) in [4.78, 5) is 11.0. The quantitative estimate of drug-likeness (QED) is 0.611. The van der Waals surface area contributed by atoms with Crippen LogP contribution in [0.15, 0.2) is 10.2 Å². The first-order valence-corrected chi connectivity index (χ1v) is 4.31. The van der Waals surface area contributed by atoms with Gasteiger partial charge >= 0.3 is 0 Å². The first-order valence-electron chi connectivity index (χ1n) is 3.23. The predicted octanol–water partition coefficient (Wildman–Crippen LogP) is 1.63. The fraction of sp³-hybridized carbons (Fsp3) is 0.571. The molecule has 10 heavy (non-hydrogen) atoms. The fourth-order valence-electron chi connectivity index (χ4n) is 0.643. The summed E-state index contributed by atoms with van der Waals surface area (Å²) >= 11 is 1.90. The van der Waals surface area contributed by atoms with Crippen LogP contribution in [0, 0.1) is 0 Å². The molecule has 0 aromatic heterocycles. The number of carbonyl (C=O) groups is 1. The Balaban J connectivity index is 3.82. The van der Waals surface area contributed by atoms with E-state index in [4.69, 9.17) is 5.73 Å². The van der Waals surface area contributed by atoms with Crippen LogP contribution >= 0.6 is 22.6 Å². The van der Waals surface area contributed by atoms with E-state index in [9.17, 15) is 4.79 Å². The highest BCUT2D eigenvalue weighted by molar-refractivity contribution is 14.1. The molecule has 1 atom stereocenters. The van der Waals surface area contributed by atoms with E-state index >= 15 is 0 Å². The van der Waals surface area contributed by atoms with Gasteiger partial charge in [-0.3, -0.25) is 4.79 Å². The molecule has 58 valence electrons. The summed E-state index contributed by atoms with van der Waals surface area (Å²) < 4.78 is 0.526. The topological polar surface area (TPSA) is 43.1 Å². The molecule has 2 nitrogen and oxygen atoms in total. The lowest BCUT2D eigenvalue weighted by Crippen LogP contribution is -2.29. The highest BCUT2D eigenvalue weighted by atomic mass is 127. The maximum atomic E-state index is 11.0. The average molecular weight is 253 g/mol. The first kappa shape index (κ1) is 10.1. The zero-order valence-electron chi connectivity index (χ0n) is 6.06. The van der Waals surface area contributed by atoms with Crippen molar-refractivity contribution >= 4 is 28.4 Å². The molecule has 0 rings (SSSR count). The van der Waals surface area contributed by atoms with E-state index in [0.29, 0.717) is 3.58 Å². The molecule has 0 saturated carbocycles. The number of hydrogen-bond donors (Lipinski definition) is 1. The monoisotopic (exact) mass is 253 g/mol. The maximum absolute atomic E-state index is 11.0. The highest BCUT2D eigenvalue weighted by Crippen LogP contribution is 2.07. The zero-order valence-corrected chi connectivity index (χ0v) is 8.22. The van der Waals surface area contributed by atoms with Gasteiger partial charge in [0.25, 0.3) is 0 Å². The zero-order chi connectivity index (χ0) is 8.15. The van der Waals surface area contributed by atoms with Crippen molar-refractivity contribution in [3.05, 3.63) is 10.2 Å². The second-order valence-electron chi connectivity index (χ2n) is 2.16. The van der Waals surface area contributed by atoms with E-state index in [1.54, 1.807) is 0 Å². The summed E-state index contributed by atoms with van der Waals surface area (Å²) in [5.74, 6) is -0.0255. The molecule has 0 unspecified atom stereocenters. The van der Waals surface area contributed by atoms with E-state index in [0.717, 1.165) is 12.8 Å². The molecule has 0 aromatic rings. The van der Waals surface area contributed by atoms with E-state index in [2.05, 4.69) is 6.58 Å². The van der Waals surface area contributed by atoms with Gasteiger partial charge in [0.15, 0.2) is 5.78 Å². The Kier molecular flexibility index (Phi) is 4.89. The molecule has 0 aliphatic rings. The lowest BCUT2D eigenvalue weighted by atomic mass is 10.1. The van der Waals surface area contributed by atoms with Crippen LogP contribution < -0.4 is 5.73 Å². The number of rotatable bonds is 4. The number of hydrogen-bond acceptors (Lipinski definition) is 2. The second kappa shape index (κ2) is 4.85. The van der Waals surface area contributed by atoms with Gasteiger partial charge in [0.1, 0.15) is 0 Å². The van der Waals surface area contributed by atoms with Gasteiger partial charge < -0.3 is 5.73 Å². The van der Waals surface area contributed by atoms with E-state index in [1.807, 2.05) is 29.5 Å². The molecule has 0 amide bonds. The average Bonchev–Trinajstić information content (AvgIpc) is 1.87. The number of halogens is 1. The van der Waals surface area contributed by atoms with Gasteiger partial charge in [-0.05, 0) is 29.0 Å².